The van der Waals surface area contributed by atoms with Crippen LogP contribution in [0.4, 0.5) is 0 Å². The smallest absolute Gasteiger partial charge is 0.240 e. The second-order valence-corrected chi connectivity index (χ2v) is 8.46. The van der Waals surface area contributed by atoms with E-state index in [1.165, 1.54) is 11.1 Å². The number of carbonyl (C=O) groups is 1. The molecule has 1 aliphatic carbocycles. The van der Waals surface area contributed by atoms with Crippen LogP contribution < -0.4 is 11.1 Å². The number of amides is 1. The van der Waals surface area contributed by atoms with Gasteiger partial charge in [0.1, 0.15) is 0 Å². The van der Waals surface area contributed by atoms with E-state index in [1.807, 2.05) is 0 Å². The van der Waals surface area contributed by atoms with E-state index >= 15 is 0 Å². The topological polar surface area (TPSA) is 58.4 Å². The molecule has 4 atom stereocenters. The Kier molecular flexibility index (Phi) is 6.08. The van der Waals surface area contributed by atoms with E-state index in [0.717, 1.165) is 38.8 Å². The molecular formula is C20H31N3OS. The molecule has 2 aliphatic rings. The average molecular weight is 362 g/mol. The molecule has 1 aromatic rings. The minimum Gasteiger partial charge on any atom is -0.336 e. The van der Waals surface area contributed by atoms with Crippen LogP contribution in [0.5, 0.6) is 0 Å². The van der Waals surface area contributed by atoms with Gasteiger partial charge in [-0.2, -0.15) is 12.6 Å². The zero-order valence-corrected chi connectivity index (χ0v) is 16.2. The van der Waals surface area contributed by atoms with Gasteiger partial charge in [-0.25, -0.2) is 0 Å². The summed E-state index contributed by atoms with van der Waals surface area (Å²) in [4.78, 5) is 15.3. The van der Waals surface area contributed by atoms with Crippen LogP contribution in [0.2, 0.25) is 0 Å². The number of rotatable bonds is 6. The van der Waals surface area contributed by atoms with Crippen molar-refractivity contribution >= 4 is 18.5 Å². The third-order valence-corrected chi connectivity index (χ3v) is 6.30. The zero-order valence-electron chi connectivity index (χ0n) is 15.3. The third kappa shape index (κ3) is 4.21. The van der Waals surface area contributed by atoms with Crippen molar-refractivity contribution in [3.05, 3.63) is 35.4 Å². The number of nitrogens with one attached hydrogen (secondary N) is 1. The van der Waals surface area contributed by atoms with Crippen LogP contribution in [0.15, 0.2) is 24.3 Å². The SMILES string of the molecule is CCC(C)[C@H](N)C(=O)N(CC1CC(S)CN1)C1Cc2ccccc2C1. The maximum Gasteiger partial charge on any atom is 0.240 e. The summed E-state index contributed by atoms with van der Waals surface area (Å²) in [6.07, 6.45) is 3.80. The van der Waals surface area contributed by atoms with Gasteiger partial charge in [-0.05, 0) is 36.3 Å². The first kappa shape index (κ1) is 18.7. The van der Waals surface area contributed by atoms with E-state index in [-0.39, 0.29) is 17.9 Å². The molecule has 138 valence electrons. The number of hydrogen-bond acceptors (Lipinski definition) is 4. The minimum atomic E-state index is -0.415. The van der Waals surface area contributed by atoms with E-state index in [4.69, 9.17) is 5.73 Å². The van der Waals surface area contributed by atoms with E-state index in [9.17, 15) is 4.79 Å². The summed E-state index contributed by atoms with van der Waals surface area (Å²) in [6.45, 7) is 5.82. The molecule has 0 bridgehead atoms. The second-order valence-electron chi connectivity index (χ2n) is 7.73. The Morgan fingerprint density at radius 1 is 1.36 bits per heavy atom. The first-order chi connectivity index (χ1) is 12.0. The first-order valence-electron chi connectivity index (χ1n) is 9.53. The summed E-state index contributed by atoms with van der Waals surface area (Å²) >= 11 is 4.57. The molecule has 1 fully saturated rings. The molecule has 0 aromatic heterocycles. The fraction of sp³-hybridized carbons (Fsp3) is 0.650. The monoisotopic (exact) mass is 361 g/mol. The van der Waals surface area contributed by atoms with Crippen LogP contribution in [0.25, 0.3) is 0 Å². The van der Waals surface area contributed by atoms with Gasteiger partial charge >= 0.3 is 0 Å². The van der Waals surface area contributed by atoms with Gasteiger partial charge in [0.25, 0.3) is 0 Å². The zero-order chi connectivity index (χ0) is 18.0. The Balaban J connectivity index is 1.76. The molecule has 4 nitrogen and oxygen atoms in total. The highest BCUT2D eigenvalue weighted by Gasteiger charge is 2.36. The van der Waals surface area contributed by atoms with Gasteiger partial charge in [0.2, 0.25) is 5.91 Å². The van der Waals surface area contributed by atoms with Gasteiger partial charge < -0.3 is 16.0 Å². The van der Waals surface area contributed by atoms with Crippen LogP contribution in [-0.4, -0.2) is 47.3 Å². The predicted octanol–water partition coefficient (Wildman–Crippen LogP) is 2.02. The van der Waals surface area contributed by atoms with Crippen molar-refractivity contribution in [2.45, 2.75) is 62.9 Å². The number of fused-ring (bicyclic) bond motifs is 1. The molecular weight excluding hydrogens is 330 g/mol. The summed E-state index contributed by atoms with van der Waals surface area (Å²) in [5.41, 5.74) is 9.06. The Hall–Kier alpha value is -1.04. The molecule has 3 rings (SSSR count). The molecule has 1 saturated heterocycles. The Bertz CT molecular complexity index is 583. The molecule has 3 unspecified atom stereocenters. The number of carbonyl (C=O) groups excluding carboxylic acids is 1. The number of benzene rings is 1. The summed E-state index contributed by atoms with van der Waals surface area (Å²) in [5, 5.41) is 3.89. The lowest BCUT2D eigenvalue weighted by atomic mass is 9.97. The third-order valence-electron chi connectivity index (χ3n) is 5.91. The lowest BCUT2D eigenvalue weighted by Crippen LogP contribution is -2.54. The highest BCUT2D eigenvalue weighted by molar-refractivity contribution is 7.81. The maximum absolute atomic E-state index is 13.2. The summed E-state index contributed by atoms with van der Waals surface area (Å²) in [5.74, 6) is 0.310. The van der Waals surface area contributed by atoms with Crippen molar-refractivity contribution in [2.24, 2.45) is 11.7 Å². The molecule has 25 heavy (non-hydrogen) atoms. The first-order valence-corrected chi connectivity index (χ1v) is 10.1. The van der Waals surface area contributed by atoms with Crippen molar-refractivity contribution in [1.29, 1.82) is 0 Å². The molecule has 1 aromatic carbocycles. The number of nitrogens with two attached hydrogens (primary N) is 1. The molecule has 0 radical (unpaired) electrons. The molecule has 1 amide bonds. The quantitative estimate of drug-likeness (QED) is 0.680. The van der Waals surface area contributed by atoms with Gasteiger partial charge in [0.05, 0.1) is 6.04 Å². The fourth-order valence-corrected chi connectivity index (χ4v) is 4.40. The molecule has 0 saturated carbocycles. The largest absolute Gasteiger partial charge is 0.336 e. The molecule has 1 heterocycles. The Labute approximate surface area is 156 Å². The van der Waals surface area contributed by atoms with Crippen molar-refractivity contribution in [3.63, 3.8) is 0 Å². The van der Waals surface area contributed by atoms with Crippen molar-refractivity contribution < 1.29 is 4.79 Å². The fourth-order valence-electron chi connectivity index (χ4n) is 4.04. The number of hydrogen-bond donors (Lipinski definition) is 3. The van der Waals surface area contributed by atoms with Crippen LogP contribution in [0.3, 0.4) is 0 Å². The number of thiol groups is 1. The van der Waals surface area contributed by atoms with Crippen LogP contribution in [0.1, 0.15) is 37.8 Å². The van der Waals surface area contributed by atoms with Crippen molar-refractivity contribution in [3.8, 4) is 0 Å². The van der Waals surface area contributed by atoms with Crippen molar-refractivity contribution in [2.75, 3.05) is 13.1 Å². The average Bonchev–Trinajstić information content (AvgIpc) is 3.23. The maximum atomic E-state index is 13.2. The van der Waals surface area contributed by atoms with E-state index in [2.05, 4.69) is 61.0 Å². The lowest BCUT2D eigenvalue weighted by Gasteiger charge is -2.34. The van der Waals surface area contributed by atoms with E-state index < -0.39 is 6.04 Å². The molecule has 3 N–H and O–H groups in total. The molecule has 0 spiro atoms. The molecule has 1 aliphatic heterocycles. The standard InChI is InChI=1S/C20H31N3OS/c1-3-13(2)19(21)20(24)23(12-16-10-18(25)11-22-16)17-8-14-6-4-5-7-15(14)9-17/h4-7,13,16-19,22,25H,3,8-12,21H2,1-2H3/t13?,16?,18?,19-/m0/s1. The van der Waals surface area contributed by atoms with Crippen LogP contribution >= 0.6 is 12.6 Å². The van der Waals surface area contributed by atoms with Gasteiger partial charge in [0.15, 0.2) is 0 Å². The van der Waals surface area contributed by atoms with Crippen molar-refractivity contribution in [1.82, 2.24) is 10.2 Å². The Morgan fingerprint density at radius 3 is 2.52 bits per heavy atom. The summed E-state index contributed by atoms with van der Waals surface area (Å²) in [6, 6.07) is 8.67. The van der Waals surface area contributed by atoms with E-state index in [0.29, 0.717) is 11.3 Å². The highest BCUT2D eigenvalue weighted by atomic mass is 32.1. The highest BCUT2D eigenvalue weighted by Crippen LogP contribution is 2.27. The van der Waals surface area contributed by atoms with Gasteiger partial charge in [-0.1, -0.05) is 44.5 Å². The summed E-state index contributed by atoms with van der Waals surface area (Å²) < 4.78 is 0. The predicted molar refractivity (Wildman–Crippen MR) is 106 cm³/mol. The minimum absolute atomic E-state index is 0.108. The Morgan fingerprint density at radius 2 is 2.00 bits per heavy atom. The number of nitrogens with zero attached hydrogens (tertiary/aromatic N) is 1. The van der Waals surface area contributed by atoms with E-state index in [1.54, 1.807) is 0 Å². The van der Waals surface area contributed by atoms with Gasteiger partial charge in [0, 0.05) is 30.4 Å². The van der Waals surface area contributed by atoms with Crippen LogP contribution in [0, 0.1) is 5.92 Å². The lowest BCUT2D eigenvalue weighted by molar-refractivity contribution is -0.136. The van der Waals surface area contributed by atoms with Crippen LogP contribution in [-0.2, 0) is 17.6 Å². The molecule has 5 heteroatoms. The normalized spacial score (nSPS) is 25.6. The van der Waals surface area contributed by atoms with Gasteiger partial charge in [-0.3, -0.25) is 4.79 Å². The van der Waals surface area contributed by atoms with Gasteiger partial charge in [-0.15, -0.1) is 0 Å². The summed E-state index contributed by atoms with van der Waals surface area (Å²) in [7, 11) is 0. The second kappa shape index (κ2) is 8.11.